The average molecular weight is 375 g/mol. The molecule has 2 fully saturated rings. The first-order valence-corrected chi connectivity index (χ1v) is 9.54. The highest BCUT2D eigenvalue weighted by atomic mass is 32.2. The second-order valence-electron chi connectivity index (χ2n) is 6.29. The van der Waals surface area contributed by atoms with Crippen molar-refractivity contribution in [3.8, 4) is 11.4 Å². The second-order valence-corrected chi connectivity index (χ2v) is 7.36. The molecule has 3 amide bonds. The van der Waals surface area contributed by atoms with E-state index in [1.165, 1.54) is 22.7 Å². The summed E-state index contributed by atoms with van der Waals surface area (Å²) in [6, 6.07) is 6.56. The first-order chi connectivity index (χ1) is 12.6. The first-order valence-electron chi connectivity index (χ1n) is 8.56. The lowest BCUT2D eigenvalue weighted by Crippen LogP contribution is -2.32. The maximum Gasteiger partial charge on any atom is 0.324 e. The van der Waals surface area contributed by atoms with Gasteiger partial charge in [0.25, 0.3) is 0 Å². The molecule has 1 N–H and O–H groups in total. The predicted molar refractivity (Wildman–Crippen MR) is 94.1 cm³/mol. The largest absolute Gasteiger partial charge is 0.329 e. The van der Waals surface area contributed by atoms with Crippen molar-refractivity contribution < 1.29 is 14.0 Å². The van der Waals surface area contributed by atoms with Crippen LogP contribution in [0.2, 0.25) is 0 Å². The summed E-state index contributed by atoms with van der Waals surface area (Å²) < 4.78 is 16.1. The Morgan fingerprint density at radius 1 is 1.23 bits per heavy atom. The van der Waals surface area contributed by atoms with E-state index in [9.17, 15) is 14.0 Å². The van der Waals surface area contributed by atoms with Crippen molar-refractivity contribution >= 4 is 23.7 Å². The zero-order chi connectivity index (χ0) is 18.1. The number of nitrogens with one attached hydrogen (secondary N) is 1. The van der Waals surface area contributed by atoms with Crippen LogP contribution < -0.4 is 5.32 Å². The van der Waals surface area contributed by atoms with Crippen molar-refractivity contribution in [2.24, 2.45) is 0 Å². The lowest BCUT2D eigenvalue weighted by Gasteiger charge is -2.12. The third-order valence-corrected chi connectivity index (χ3v) is 5.41. The average Bonchev–Trinajstić information content (AvgIpc) is 3.31. The molecule has 4 rings (SSSR count). The number of benzene rings is 1. The molecule has 7 nitrogen and oxygen atoms in total. The van der Waals surface area contributed by atoms with Crippen molar-refractivity contribution in [1.29, 1.82) is 0 Å². The molecular formula is C17H18FN5O2S. The molecule has 26 heavy (non-hydrogen) atoms. The minimum absolute atomic E-state index is 0.0774. The Bertz CT molecular complexity index is 835. The number of imide groups is 1. The fraction of sp³-hybridized carbons (Fsp3) is 0.412. The fourth-order valence-electron chi connectivity index (χ4n) is 2.93. The van der Waals surface area contributed by atoms with Crippen molar-refractivity contribution in [2.75, 3.05) is 18.8 Å². The van der Waals surface area contributed by atoms with Gasteiger partial charge < -0.3 is 5.32 Å². The molecule has 1 aliphatic carbocycles. The molecule has 1 aromatic carbocycles. The number of hydrogen-bond donors (Lipinski definition) is 1. The van der Waals surface area contributed by atoms with E-state index >= 15 is 0 Å². The summed E-state index contributed by atoms with van der Waals surface area (Å²) >= 11 is 1.52. The molecular weight excluding hydrogens is 357 g/mol. The second kappa shape index (κ2) is 7.06. The molecule has 2 heterocycles. The third-order valence-electron chi connectivity index (χ3n) is 4.39. The fourth-order valence-corrected chi connectivity index (χ4v) is 3.86. The number of urea groups is 1. The minimum atomic E-state index is -0.331. The molecule has 0 atom stereocenters. The van der Waals surface area contributed by atoms with Gasteiger partial charge in [-0.15, -0.1) is 10.2 Å². The molecule has 0 bridgehead atoms. The highest BCUT2D eigenvalue weighted by Crippen LogP contribution is 2.41. The van der Waals surface area contributed by atoms with Gasteiger partial charge in [0, 0.05) is 18.3 Å². The van der Waals surface area contributed by atoms with Gasteiger partial charge in [0.2, 0.25) is 5.91 Å². The van der Waals surface area contributed by atoms with E-state index in [0.29, 0.717) is 36.1 Å². The molecule has 0 radical (unpaired) electrons. The van der Waals surface area contributed by atoms with Crippen LogP contribution in [0.1, 0.15) is 25.3 Å². The van der Waals surface area contributed by atoms with E-state index in [-0.39, 0.29) is 24.3 Å². The zero-order valence-corrected chi connectivity index (χ0v) is 14.8. The summed E-state index contributed by atoms with van der Waals surface area (Å²) in [5.74, 6) is 0.751. The lowest BCUT2D eigenvalue weighted by molar-refractivity contribution is -0.124. The summed E-state index contributed by atoms with van der Waals surface area (Å²) in [6.45, 7) is 0.462. The van der Waals surface area contributed by atoms with Crippen LogP contribution in [-0.4, -0.2) is 50.4 Å². The molecule has 1 saturated heterocycles. The maximum atomic E-state index is 14.1. The van der Waals surface area contributed by atoms with Crippen LogP contribution in [0.3, 0.4) is 0 Å². The Kier molecular flexibility index (Phi) is 4.62. The van der Waals surface area contributed by atoms with Gasteiger partial charge in [-0.25, -0.2) is 9.18 Å². The number of thioether (sulfide) groups is 1. The van der Waals surface area contributed by atoms with Gasteiger partial charge in [0.05, 0.1) is 12.1 Å². The Morgan fingerprint density at radius 3 is 2.73 bits per heavy atom. The van der Waals surface area contributed by atoms with Crippen LogP contribution in [0.5, 0.6) is 0 Å². The number of nitrogens with zero attached hydrogens (tertiary/aromatic N) is 4. The quantitative estimate of drug-likeness (QED) is 0.457. The van der Waals surface area contributed by atoms with Gasteiger partial charge in [-0.05, 0) is 31.4 Å². The molecule has 9 heteroatoms. The van der Waals surface area contributed by atoms with E-state index in [1.54, 1.807) is 18.2 Å². The Hall–Kier alpha value is -2.42. The topological polar surface area (TPSA) is 80.1 Å². The standard InChI is InChI=1S/C17H18FN5O2S/c18-13-5-2-1-4-12(13)15-20-21-17(23(15)11-6-7-11)26-9-3-8-22-14(24)10-19-16(22)25/h1-2,4-5,11H,3,6-10H2,(H,19,25). The van der Waals surface area contributed by atoms with Gasteiger partial charge in [-0.3, -0.25) is 14.3 Å². The molecule has 1 aliphatic heterocycles. The van der Waals surface area contributed by atoms with E-state index in [1.807, 2.05) is 4.57 Å². The summed E-state index contributed by atoms with van der Waals surface area (Å²) in [5, 5.41) is 11.7. The van der Waals surface area contributed by atoms with Crippen LogP contribution in [0.25, 0.3) is 11.4 Å². The summed E-state index contributed by atoms with van der Waals surface area (Å²) in [6.07, 6.45) is 2.74. The van der Waals surface area contributed by atoms with E-state index in [2.05, 4.69) is 15.5 Å². The Labute approximate surface area is 154 Å². The number of carbonyl (C=O) groups is 2. The first kappa shape index (κ1) is 17.0. The molecule has 1 aromatic heterocycles. The maximum absolute atomic E-state index is 14.1. The van der Waals surface area contributed by atoms with Crippen LogP contribution in [0.4, 0.5) is 9.18 Å². The van der Waals surface area contributed by atoms with Gasteiger partial charge in [0.15, 0.2) is 11.0 Å². The molecule has 0 spiro atoms. The van der Waals surface area contributed by atoms with E-state index in [0.717, 1.165) is 18.0 Å². The molecule has 1 saturated carbocycles. The smallest absolute Gasteiger partial charge is 0.324 e. The van der Waals surface area contributed by atoms with Crippen molar-refractivity contribution in [3.05, 3.63) is 30.1 Å². The number of rotatable bonds is 7. The van der Waals surface area contributed by atoms with Gasteiger partial charge in [0.1, 0.15) is 5.82 Å². The van der Waals surface area contributed by atoms with Crippen molar-refractivity contribution in [2.45, 2.75) is 30.5 Å². The Morgan fingerprint density at radius 2 is 2.04 bits per heavy atom. The number of carbonyl (C=O) groups excluding carboxylic acids is 2. The number of halogens is 1. The van der Waals surface area contributed by atoms with E-state index in [4.69, 9.17) is 0 Å². The summed E-state index contributed by atoms with van der Waals surface area (Å²) in [5.41, 5.74) is 0.457. The molecule has 136 valence electrons. The summed E-state index contributed by atoms with van der Waals surface area (Å²) in [7, 11) is 0. The molecule has 2 aliphatic rings. The highest BCUT2D eigenvalue weighted by molar-refractivity contribution is 7.99. The number of amides is 3. The monoisotopic (exact) mass is 375 g/mol. The number of aromatic nitrogens is 3. The Balaban J connectivity index is 1.43. The predicted octanol–water partition coefficient (Wildman–Crippen LogP) is 2.45. The van der Waals surface area contributed by atoms with Crippen molar-refractivity contribution in [3.63, 3.8) is 0 Å². The van der Waals surface area contributed by atoms with Crippen LogP contribution in [-0.2, 0) is 4.79 Å². The molecule has 2 aromatic rings. The SMILES string of the molecule is O=C1CNC(=O)N1CCCSc1nnc(-c2ccccc2F)n1C1CC1. The highest BCUT2D eigenvalue weighted by Gasteiger charge is 2.31. The van der Waals surface area contributed by atoms with Gasteiger partial charge in [-0.2, -0.15) is 0 Å². The van der Waals surface area contributed by atoms with Crippen LogP contribution in [0.15, 0.2) is 29.4 Å². The lowest BCUT2D eigenvalue weighted by atomic mass is 10.2. The molecule has 0 unspecified atom stereocenters. The number of hydrogen-bond acceptors (Lipinski definition) is 5. The van der Waals surface area contributed by atoms with Crippen LogP contribution >= 0.6 is 11.8 Å². The van der Waals surface area contributed by atoms with Gasteiger partial charge in [-0.1, -0.05) is 23.9 Å². The summed E-state index contributed by atoms with van der Waals surface area (Å²) in [4.78, 5) is 24.3. The van der Waals surface area contributed by atoms with Crippen molar-refractivity contribution in [1.82, 2.24) is 25.0 Å². The van der Waals surface area contributed by atoms with Gasteiger partial charge >= 0.3 is 6.03 Å². The minimum Gasteiger partial charge on any atom is -0.329 e. The van der Waals surface area contributed by atoms with Crippen LogP contribution in [0, 0.1) is 5.82 Å². The normalized spacial score (nSPS) is 17.0. The third kappa shape index (κ3) is 3.31. The van der Waals surface area contributed by atoms with E-state index < -0.39 is 0 Å². The zero-order valence-electron chi connectivity index (χ0n) is 14.0.